The van der Waals surface area contributed by atoms with Crippen molar-refractivity contribution in [1.29, 1.82) is 0 Å². The van der Waals surface area contributed by atoms with Gasteiger partial charge in [0.25, 0.3) is 11.8 Å². The molecule has 1 aromatic rings. The molecule has 0 radical (unpaired) electrons. The predicted octanol–water partition coefficient (Wildman–Crippen LogP) is 1.23. The van der Waals surface area contributed by atoms with Crippen LogP contribution in [-0.2, 0) is 9.53 Å². The van der Waals surface area contributed by atoms with Crippen molar-refractivity contribution in [3.63, 3.8) is 0 Å². The first-order valence-electron chi connectivity index (χ1n) is 7.87. The average Bonchev–Trinajstić information content (AvgIpc) is 2.54. The predicted molar refractivity (Wildman–Crippen MR) is 89.0 cm³/mol. The van der Waals surface area contributed by atoms with Crippen LogP contribution in [0.4, 0.5) is 18.0 Å². The van der Waals surface area contributed by atoms with Gasteiger partial charge < -0.3 is 19.9 Å². The lowest BCUT2D eigenvalue weighted by Crippen LogP contribution is -2.54. The molecule has 0 saturated heterocycles. The lowest BCUT2D eigenvalue weighted by molar-refractivity contribution is -0.274. The van der Waals surface area contributed by atoms with Crippen molar-refractivity contribution < 1.29 is 42.1 Å². The number of benzene rings is 1. The summed E-state index contributed by atoms with van der Waals surface area (Å²) in [7, 11) is 0. The van der Waals surface area contributed by atoms with Gasteiger partial charge in [-0.05, 0) is 45.0 Å². The maximum Gasteiger partial charge on any atom is 0.573 e. The third-order valence-corrected chi connectivity index (χ3v) is 2.84. The van der Waals surface area contributed by atoms with Crippen molar-refractivity contribution in [2.45, 2.75) is 38.8 Å². The van der Waals surface area contributed by atoms with Crippen LogP contribution in [0.5, 0.6) is 5.75 Å². The van der Waals surface area contributed by atoms with Gasteiger partial charge in [-0.15, -0.1) is 13.2 Å². The van der Waals surface area contributed by atoms with E-state index in [4.69, 9.17) is 4.74 Å². The molecular weight excluding hydrogens is 387 g/mol. The van der Waals surface area contributed by atoms with E-state index in [1.54, 1.807) is 20.8 Å². The van der Waals surface area contributed by atoms with E-state index < -0.39 is 48.3 Å². The first-order chi connectivity index (χ1) is 12.8. The van der Waals surface area contributed by atoms with Crippen molar-refractivity contribution in [1.82, 2.24) is 16.2 Å². The standard InChI is InChI=1S/C16H20F3N3O6/c1-15(2,3)28-14(26)20-11(8-23)13(25)22-21-12(24)9-4-6-10(7-5-9)27-16(17,18)19/h4-7,11,23H,8H2,1-3H3,(H,20,26)(H,21,24)(H,22,25). The fourth-order valence-electron chi connectivity index (χ4n) is 1.73. The number of hydrogen-bond donors (Lipinski definition) is 4. The van der Waals surface area contributed by atoms with E-state index in [2.05, 4.69) is 10.1 Å². The molecule has 0 fully saturated rings. The molecule has 156 valence electrons. The number of alkyl carbamates (subject to hydrolysis) is 1. The summed E-state index contributed by atoms with van der Waals surface area (Å²) in [5, 5.41) is 11.3. The van der Waals surface area contributed by atoms with Crippen molar-refractivity contribution in [3.8, 4) is 5.75 Å². The van der Waals surface area contributed by atoms with Crippen LogP contribution in [0.2, 0.25) is 0 Å². The monoisotopic (exact) mass is 407 g/mol. The van der Waals surface area contributed by atoms with Crippen LogP contribution in [0.1, 0.15) is 31.1 Å². The molecule has 9 nitrogen and oxygen atoms in total. The van der Waals surface area contributed by atoms with E-state index in [0.717, 1.165) is 24.3 Å². The van der Waals surface area contributed by atoms with Gasteiger partial charge in [0, 0.05) is 5.56 Å². The molecule has 0 saturated carbocycles. The zero-order chi connectivity index (χ0) is 21.5. The Morgan fingerprint density at radius 3 is 2.11 bits per heavy atom. The molecule has 4 N–H and O–H groups in total. The highest BCUT2D eigenvalue weighted by atomic mass is 19.4. The molecule has 0 aromatic heterocycles. The van der Waals surface area contributed by atoms with E-state index in [-0.39, 0.29) is 5.56 Å². The molecule has 0 bridgehead atoms. The number of nitrogens with one attached hydrogen (secondary N) is 3. The van der Waals surface area contributed by atoms with Crippen LogP contribution in [-0.4, -0.2) is 47.6 Å². The van der Waals surface area contributed by atoms with Gasteiger partial charge in [-0.2, -0.15) is 0 Å². The number of rotatable bonds is 5. The number of hydrogen-bond acceptors (Lipinski definition) is 6. The van der Waals surface area contributed by atoms with Crippen LogP contribution in [0.3, 0.4) is 0 Å². The Kier molecular flexibility index (Phi) is 7.61. The highest BCUT2D eigenvalue weighted by molar-refractivity contribution is 5.96. The summed E-state index contributed by atoms with van der Waals surface area (Å²) < 4.78 is 44.9. The largest absolute Gasteiger partial charge is 0.573 e. The highest BCUT2D eigenvalue weighted by Crippen LogP contribution is 2.22. The Labute approximate surface area is 158 Å². The molecule has 28 heavy (non-hydrogen) atoms. The number of carbonyl (C=O) groups excluding carboxylic acids is 3. The van der Waals surface area contributed by atoms with Crippen molar-refractivity contribution in [2.24, 2.45) is 0 Å². The van der Waals surface area contributed by atoms with Gasteiger partial charge in [0.2, 0.25) is 0 Å². The molecule has 3 amide bonds. The highest BCUT2D eigenvalue weighted by Gasteiger charge is 2.31. The van der Waals surface area contributed by atoms with Crippen LogP contribution < -0.4 is 20.9 Å². The number of aliphatic hydroxyl groups is 1. The quantitative estimate of drug-likeness (QED) is 0.544. The van der Waals surface area contributed by atoms with Crippen LogP contribution in [0.25, 0.3) is 0 Å². The number of amides is 3. The second kappa shape index (κ2) is 9.26. The summed E-state index contributed by atoms with van der Waals surface area (Å²) in [5.41, 5.74) is 3.07. The average molecular weight is 407 g/mol. The van der Waals surface area contributed by atoms with Crippen molar-refractivity contribution in [2.75, 3.05) is 6.61 Å². The minimum atomic E-state index is -4.86. The number of halogens is 3. The maximum atomic E-state index is 12.1. The second-order valence-electron chi connectivity index (χ2n) is 6.40. The maximum absolute atomic E-state index is 12.1. The molecule has 1 aromatic carbocycles. The van der Waals surface area contributed by atoms with E-state index in [1.165, 1.54) is 0 Å². The fraction of sp³-hybridized carbons (Fsp3) is 0.438. The molecule has 1 unspecified atom stereocenters. The van der Waals surface area contributed by atoms with E-state index in [9.17, 15) is 32.7 Å². The summed E-state index contributed by atoms with van der Waals surface area (Å²) in [6.07, 6.45) is -5.81. The first kappa shape index (κ1) is 23.0. The van der Waals surface area contributed by atoms with E-state index in [1.807, 2.05) is 10.9 Å². The van der Waals surface area contributed by atoms with E-state index >= 15 is 0 Å². The number of carbonyl (C=O) groups is 3. The lowest BCUT2D eigenvalue weighted by atomic mass is 10.2. The third-order valence-electron chi connectivity index (χ3n) is 2.84. The van der Waals surface area contributed by atoms with Crippen LogP contribution >= 0.6 is 0 Å². The summed E-state index contributed by atoms with van der Waals surface area (Å²) in [5.74, 6) is -2.31. The van der Waals surface area contributed by atoms with Gasteiger partial charge in [0.05, 0.1) is 6.61 Å². The van der Waals surface area contributed by atoms with Crippen molar-refractivity contribution in [3.05, 3.63) is 29.8 Å². The van der Waals surface area contributed by atoms with Gasteiger partial charge >= 0.3 is 12.5 Å². The van der Waals surface area contributed by atoms with E-state index in [0.29, 0.717) is 0 Å². The Morgan fingerprint density at radius 2 is 1.64 bits per heavy atom. The summed E-state index contributed by atoms with van der Waals surface area (Å²) in [6.45, 7) is 4.04. The zero-order valence-corrected chi connectivity index (χ0v) is 15.2. The Balaban J connectivity index is 2.58. The minimum absolute atomic E-state index is 0.0736. The van der Waals surface area contributed by atoms with Gasteiger partial charge in [-0.1, -0.05) is 0 Å². The normalized spacial score (nSPS) is 12.5. The Hall–Kier alpha value is -3.02. The minimum Gasteiger partial charge on any atom is -0.444 e. The first-order valence-corrected chi connectivity index (χ1v) is 7.87. The molecule has 0 aliphatic carbocycles. The molecule has 1 atom stereocenters. The van der Waals surface area contributed by atoms with Gasteiger partial charge in [0.1, 0.15) is 17.4 Å². The number of alkyl halides is 3. The molecule has 0 aliphatic rings. The second-order valence-corrected chi connectivity index (χ2v) is 6.40. The molecule has 1 rings (SSSR count). The topological polar surface area (TPSA) is 126 Å². The van der Waals surface area contributed by atoms with Gasteiger partial charge in [-0.3, -0.25) is 20.4 Å². The smallest absolute Gasteiger partial charge is 0.444 e. The third kappa shape index (κ3) is 8.58. The number of hydrazine groups is 1. The SMILES string of the molecule is CC(C)(C)OC(=O)NC(CO)C(=O)NNC(=O)c1ccc(OC(F)(F)F)cc1. The summed E-state index contributed by atoms with van der Waals surface area (Å²) in [4.78, 5) is 35.4. The number of aliphatic hydroxyl groups excluding tert-OH is 1. The molecule has 0 aliphatic heterocycles. The lowest BCUT2D eigenvalue weighted by Gasteiger charge is -2.22. The summed E-state index contributed by atoms with van der Waals surface area (Å²) >= 11 is 0. The summed E-state index contributed by atoms with van der Waals surface area (Å²) in [6, 6.07) is 2.53. The molecule has 0 heterocycles. The van der Waals surface area contributed by atoms with Crippen LogP contribution in [0.15, 0.2) is 24.3 Å². The van der Waals surface area contributed by atoms with Crippen LogP contribution in [0, 0.1) is 0 Å². The molecular formula is C16H20F3N3O6. The zero-order valence-electron chi connectivity index (χ0n) is 15.2. The van der Waals surface area contributed by atoms with Gasteiger partial charge in [0.15, 0.2) is 0 Å². The fourth-order valence-corrected chi connectivity index (χ4v) is 1.73. The Bertz CT molecular complexity index is 701. The Morgan fingerprint density at radius 1 is 1.07 bits per heavy atom. The van der Waals surface area contributed by atoms with Crippen molar-refractivity contribution >= 4 is 17.9 Å². The number of ether oxygens (including phenoxy) is 2. The van der Waals surface area contributed by atoms with Gasteiger partial charge in [-0.25, -0.2) is 4.79 Å². The molecule has 12 heteroatoms. The molecule has 0 spiro atoms.